The van der Waals surface area contributed by atoms with Crippen LogP contribution in [0.15, 0.2) is 18.2 Å². The van der Waals surface area contributed by atoms with Crippen molar-refractivity contribution in [3.05, 3.63) is 23.8 Å². The maximum Gasteiger partial charge on any atom is 0.238 e. The zero-order valence-corrected chi connectivity index (χ0v) is 15.2. The van der Waals surface area contributed by atoms with Crippen LogP contribution in [0.1, 0.15) is 31.4 Å². The van der Waals surface area contributed by atoms with E-state index in [-0.39, 0.29) is 11.9 Å². The Morgan fingerprint density at radius 3 is 2.62 bits per heavy atom. The van der Waals surface area contributed by atoms with Gasteiger partial charge in [0.25, 0.3) is 0 Å². The number of hydrogen-bond donors (Lipinski definition) is 1. The molecule has 2 atom stereocenters. The van der Waals surface area contributed by atoms with E-state index in [0.29, 0.717) is 30.9 Å². The molecule has 1 N–H and O–H groups in total. The highest BCUT2D eigenvalue weighted by Crippen LogP contribution is 2.30. The highest BCUT2D eigenvalue weighted by molar-refractivity contribution is 7.88. The number of hydrogen-bond acceptors (Lipinski definition) is 5. The Morgan fingerprint density at radius 1 is 1.33 bits per heavy atom. The average Bonchev–Trinajstić information content (AvgIpc) is 3.04. The SMILES string of the molecule is COc1ccc(OC)c([C@H](C)NC(=O)[C@@H]2CCCN2S(C)(=O)=O)c1. The van der Waals surface area contributed by atoms with E-state index in [1.165, 1.54) is 4.31 Å². The van der Waals surface area contributed by atoms with Crippen molar-refractivity contribution < 1.29 is 22.7 Å². The van der Waals surface area contributed by atoms with Crippen molar-refractivity contribution in [3.63, 3.8) is 0 Å². The quantitative estimate of drug-likeness (QED) is 0.831. The largest absolute Gasteiger partial charge is 0.497 e. The molecule has 0 unspecified atom stereocenters. The topological polar surface area (TPSA) is 84.9 Å². The van der Waals surface area contributed by atoms with Crippen LogP contribution in [0.4, 0.5) is 0 Å². The molecule has 0 aromatic heterocycles. The van der Waals surface area contributed by atoms with E-state index in [1.54, 1.807) is 32.4 Å². The summed E-state index contributed by atoms with van der Waals surface area (Å²) in [6.45, 7) is 2.21. The first-order chi connectivity index (χ1) is 11.3. The van der Waals surface area contributed by atoms with Crippen LogP contribution in [-0.4, -0.2) is 51.7 Å². The molecule has 2 rings (SSSR count). The summed E-state index contributed by atoms with van der Waals surface area (Å²) in [6, 6.07) is 4.35. The van der Waals surface area contributed by atoms with Crippen molar-refractivity contribution in [1.29, 1.82) is 0 Å². The molecule has 1 aromatic carbocycles. The zero-order valence-electron chi connectivity index (χ0n) is 14.4. The fourth-order valence-corrected chi connectivity index (χ4v) is 4.09. The summed E-state index contributed by atoms with van der Waals surface area (Å²) in [6.07, 6.45) is 2.34. The molecule has 134 valence electrons. The van der Waals surface area contributed by atoms with Crippen LogP contribution in [0.25, 0.3) is 0 Å². The number of carbonyl (C=O) groups is 1. The average molecular weight is 356 g/mol. The van der Waals surface area contributed by atoms with Gasteiger partial charge in [0.05, 0.1) is 26.5 Å². The Kier molecular flexibility index (Phi) is 5.71. The van der Waals surface area contributed by atoms with Crippen molar-refractivity contribution >= 4 is 15.9 Å². The number of nitrogens with zero attached hydrogens (tertiary/aromatic N) is 1. The third kappa shape index (κ3) is 3.99. The lowest BCUT2D eigenvalue weighted by atomic mass is 10.1. The summed E-state index contributed by atoms with van der Waals surface area (Å²) in [7, 11) is -0.268. The molecule has 1 aliphatic heterocycles. The van der Waals surface area contributed by atoms with Crippen LogP contribution in [0.3, 0.4) is 0 Å². The van der Waals surface area contributed by atoms with Crippen molar-refractivity contribution in [2.75, 3.05) is 27.0 Å². The Hall–Kier alpha value is -1.80. The van der Waals surface area contributed by atoms with Crippen molar-refractivity contribution in [3.8, 4) is 11.5 Å². The van der Waals surface area contributed by atoms with Gasteiger partial charge in [0.15, 0.2) is 0 Å². The van der Waals surface area contributed by atoms with Gasteiger partial charge >= 0.3 is 0 Å². The predicted octanol–water partition coefficient (Wildman–Crippen LogP) is 1.30. The van der Waals surface area contributed by atoms with Crippen molar-refractivity contribution in [2.45, 2.75) is 31.8 Å². The first-order valence-corrected chi connectivity index (χ1v) is 9.62. The Bertz CT molecular complexity index is 704. The number of ether oxygens (including phenoxy) is 2. The van der Waals surface area contributed by atoms with Crippen molar-refractivity contribution in [2.24, 2.45) is 0 Å². The lowest BCUT2D eigenvalue weighted by Gasteiger charge is -2.24. The minimum Gasteiger partial charge on any atom is -0.497 e. The van der Waals surface area contributed by atoms with Gasteiger partial charge in [-0.2, -0.15) is 4.31 Å². The molecular formula is C16H24N2O5S. The lowest BCUT2D eigenvalue weighted by Crippen LogP contribution is -2.46. The minimum absolute atomic E-state index is 0.296. The normalized spacial score (nSPS) is 19.8. The lowest BCUT2D eigenvalue weighted by molar-refractivity contribution is -0.124. The van der Waals surface area contributed by atoms with Gasteiger partial charge in [-0.1, -0.05) is 0 Å². The van der Waals surface area contributed by atoms with Gasteiger partial charge in [0.2, 0.25) is 15.9 Å². The fourth-order valence-electron chi connectivity index (χ4n) is 2.96. The van der Waals surface area contributed by atoms with E-state index in [2.05, 4.69) is 5.32 Å². The minimum atomic E-state index is -3.39. The van der Waals surface area contributed by atoms with Crippen LogP contribution in [-0.2, 0) is 14.8 Å². The number of amides is 1. The summed E-state index contributed by atoms with van der Waals surface area (Å²) in [4.78, 5) is 12.6. The highest BCUT2D eigenvalue weighted by atomic mass is 32.2. The zero-order chi connectivity index (χ0) is 17.9. The highest BCUT2D eigenvalue weighted by Gasteiger charge is 2.37. The van der Waals surface area contributed by atoms with E-state index >= 15 is 0 Å². The third-order valence-electron chi connectivity index (χ3n) is 4.19. The Labute approximate surface area is 143 Å². The Morgan fingerprint density at radius 2 is 2.04 bits per heavy atom. The van der Waals surface area contributed by atoms with E-state index in [1.807, 2.05) is 6.92 Å². The summed E-state index contributed by atoms with van der Waals surface area (Å²) in [5.74, 6) is 0.996. The third-order valence-corrected chi connectivity index (χ3v) is 5.48. The van der Waals surface area contributed by atoms with Crippen LogP contribution in [0.5, 0.6) is 11.5 Å². The maximum atomic E-state index is 12.6. The van der Waals surface area contributed by atoms with Crippen molar-refractivity contribution in [1.82, 2.24) is 9.62 Å². The van der Waals surface area contributed by atoms with Crippen LogP contribution in [0.2, 0.25) is 0 Å². The predicted molar refractivity (Wildman–Crippen MR) is 90.7 cm³/mol. The molecule has 0 spiro atoms. The van der Waals surface area contributed by atoms with E-state index < -0.39 is 16.1 Å². The number of benzene rings is 1. The molecule has 0 bridgehead atoms. The molecule has 24 heavy (non-hydrogen) atoms. The molecule has 1 heterocycles. The summed E-state index contributed by atoms with van der Waals surface area (Å²) >= 11 is 0. The molecule has 1 amide bonds. The van der Waals surface area contributed by atoms with E-state index in [4.69, 9.17) is 9.47 Å². The molecule has 1 saturated heterocycles. The smallest absolute Gasteiger partial charge is 0.238 e. The van der Waals surface area contributed by atoms with Crippen LogP contribution >= 0.6 is 0 Å². The summed E-state index contributed by atoms with van der Waals surface area (Å²) in [5, 5.41) is 2.89. The second kappa shape index (κ2) is 7.40. The first-order valence-electron chi connectivity index (χ1n) is 7.77. The molecular weight excluding hydrogens is 332 g/mol. The van der Waals surface area contributed by atoms with E-state index in [9.17, 15) is 13.2 Å². The number of methoxy groups -OCH3 is 2. The molecule has 1 fully saturated rings. The standard InChI is InChI=1S/C16H24N2O5S/c1-11(13-10-12(22-2)7-8-15(13)23-3)17-16(19)14-6-5-9-18(14)24(4,20)21/h7-8,10-11,14H,5-6,9H2,1-4H3,(H,17,19)/t11-,14-/m0/s1. The number of nitrogens with one attached hydrogen (secondary N) is 1. The van der Waals surface area contributed by atoms with Gasteiger partial charge in [-0.3, -0.25) is 4.79 Å². The molecule has 8 heteroatoms. The van der Waals surface area contributed by atoms with Gasteiger partial charge in [-0.15, -0.1) is 0 Å². The summed E-state index contributed by atoms with van der Waals surface area (Å²) in [5.41, 5.74) is 0.772. The van der Waals surface area contributed by atoms with Gasteiger partial charge in [-0.05, 0) is 38.0 Å². The summed E-state index contributed by atoms with van der Waals surface area (Å²) < 4.78 is 35.4. The van der Waals surface area contributed by atoms with Crippen LogP contribution in [0, 0.1) is 0 Å². The number of sulfonamides is 1. The molecule has 0 saturated carbocycles. The Balaban J connectivity index is 2.17. The molecule has 0 aliphatic carbocycles. The molecule has 7 nitrogen and oxygen atoms in total. The number of carbonyl (C=O) groups excluding carboxylic acids is 1. The van der Waals surface area contributed by atoms with Gasteiger partial charge in [0, 0.05) is 12.1 Å². The molecule has 1 aromatic rings. The maximum absolute atomic E-state index is 12.6. The van der Waals surface area contributed by atoms with E-state index in [0.717, 1.165) is 11.8 Å². The monoisotopic (exact) mass is 356 g/mol. The van der Waals surface area contributed by atoms with Gasteiger partial charge in [-0.25, -0.2) is 8.42 Å². The number of rotatable bonds is 6. The molecule has 0 radical (unpaired) electrons. The van der Waals surface area contributed by atoms with Crippen LogP contribution < -0.4 is 14.8 Å². The first kappa shape index (κ1) is 18.5. The van der Waals surface area contributed by atoms with Gasteiger partial charge in [0.1, 0.15) is 17.5 Å². The van der Waals surface area contributed by atoms with Gasteiger partial charge < -0.3 is 14.8 Å². The fraction of sp³-hybridized carbons (Fsp3) is 0.562. The molecule has 1 aliphatic rings. The second-order valence-electron chi connectivity index (χ2n) is 5.87. The second-order valence-corrected chi connectivity index (χ2v) is 7.80.